The highest BCUT2D eigenvalue weighted by atomic mass is 19.1. The molecule has 0 aliphatic carbocycles. The molecule has 1 unspecified atom stereocenters. The van der Waals surface area contributed by atoms with Gasteiger partial charge in [-0.1, -0.05) is 47.6 Å². The van der Waals surface area contributed by atoms with Crippen LogP contribution in [0.2, 0.25) is 0 Å². The molecule has 3 aromatic rings. The summed E-state index contributed by atoms with van der Waals surface area (Å²) in [5, 5.41) is 3.98. The van der Waals surface area contributed by atoms with Crippen LogP contribution in [-0.2, 0) is 11.4 Å². The Kier molecular flexibility index (Phi) is 6.02. The van der Waals surface area contributed by atoms with E-state index >= 15 is 0 Å². The molecule has 158 valence electrons. The molecule has 1 amide bonds. The van der Waals surface area contributed by atoms with Crippen LogP contribution >= 0.6 is 0 Å². The molecule has 0 saturated carbocycles. The summed E-state index contributed by atoms with van der Waals surface area (Å²) in [4.78, 5) is 19.9. The van der Waals surface area contributed by atoms with Crippen molar-refractivity contribution in [3.63, 3.8) is 0 Å². The lowest BCUT2D eigenvalue weighted by atomic mass is 10.0. The first kappa shape index (κ1) is 20.7. The van der Waals surface area contributed by atoms with E-state index in [2.05, 4.69) is 5.16 Å². The molecule has 1 aliphatic rings. The summed E-state index contributed by atoms with van der Waals surface area (Å²) in [7, 11) is 0. The highest BCUT2D eigenvalue weighted by Crippen LogP contribution is 2.22. The Bertz CT molecular complexity index is 1130. The standard InChI is InChI=1S/C24H19F3N2O2/c25-18-8-5-7-16(12-18)24(30)29(14-17-6-1-3-10-21(17)26)15-19-13-23(28-31-19)20-9-2-4-11-22(20)27/h1-12,19H,13-15H2. The van der Waals surface area contributed by atoms with E-state index in [0.717, 1.165) is 6.07 Å². The minimum Gasteiger partial charge on any atom is -0.390 e. The van der Waals surface area contributed by atoms with Crippen molar-refractivity contribution in [3.05, 3.63) is 107 Å². The smallest absolute Gasteiger partial charge is 0.254 e. The highest BCUT2D eigenvalue weighted by Gasteiger charge is 2.29. The molecule has 7 heteroatoms. The van der Waals surface area contributed by atoms with E-state index in [4.69, 9.17) is 4.84 Å². The molecule has 31 heavy (non-hydrogen) atoms. The summed E-state index contributed by atoms with van der Waals surface area (Å²) >= 11 is 0. The number of benzene rings is 3. The number of nitrogens with zero attached hydrogens (tertiary/aromatic N) is 2. The molecule has 0 spiro atoms. The van der Waals surface area contributed by atoms with Crippen LogP contribution < -0.4 is 0 Å². The van der Waals surface area contributed by atoms with Crippen molar-refractivity contribution in [1.29, 1.82) is 0 Å². The fraction of sp³-hybridized carbons (Fsp3) is 0.167. The van der Waals surface area contributed by atoms with Crippen LogP contribution in [-0.4, -0.2) is 29.2 Å². The van der Waals surface area contributed by atoms with Crippen LogP contribution in [0, 0.1) is 17.5 Å². The second-order valence-corrected chi connectivity index (χ2v) is 7.24. The number of hydrogen-bond donors (Lipinski definition) is 0. The Morgan fingerprint density at radius 2 is 1.71 bits per heavy atom. The zero-order valence-corrected chi connectivity index (χ0v) is 16.5. The minimum absolute atomic E-state index is 0.0308. The molecular formula is C24H19F3N2O2. The summed E-state index contributed by atoms with van der Waals surface area (Å²) in [5.74, 6) is -1.87. The Hall–Kier alpha value is -3.61. The molecule has 0 fully saturated rings. The van der Waals surface area contributed by atoms with Crippen LogP contribution in [0.15, 0.2) is 78.0 Å². The van der Waals surface area contributed by atoms with Crippen LogP contribution in [0.5, 0.6) is 0 Å². The van der Waals surface area contributed by atoms with Gasteiger partial charge >= 0.3 is 0 Å². The van der Waals surface area contributed by atoms with Gasteiger partial charge in [-0.05, 0) is 30.3 Å². The van der Waals surface area contributed by atoms with Gasteiger partial charge in [0.15, 0.2) is 6.10 Å². The summed E-state index contributed by atoms with van der Waals surface area (Å²) in [6.45, 7) is 0.0437. The first-order chi connectivity index (χ1) is 15.0. The van der Waals surface area contributed by atoms with Crippen molar-refractivity contribution < 1.29 is 22.8 Å². The van der Waals surface area contributed by atoms with Crippen molar-refractivity contribution in [3.8, 4) is 0 Å². The topological polar surface area (TPSA) is 41.9 Å². The zero-order valence-electron chi connectivity index (χ0n) is 16.5. The lowest BCUT2D eigenvalue weighted by Gasteiger charge is -2.25. The highest BCUT2D eigenvalue weighted by molar-refractivity contribution is 6.01. The summed E-state index contributed by atoms with van der Waals surface area (Å²) in [5.41, 5.74) is 1.24. The molecule has 0 saturated heterocycles. The van der Waals surface area contributed by atoms with E-state index in [0.29, 0.717) is 16.8 Å². The second kappa shape index (κ2) is 9.04. The Labute approximate surface area is 177 Å². The van der Waals surface area contributed by atoms with Crippen LogP contribution in [0.1, 0.15) is 27.9 Å². The molecule has 0 bridgehead atoms. The minimum atomic E-state index is -0.543. The summed E-state index contributed by atoms with van der Waals surface area (Å²) < 4.78 is 42.0. The molecular weight excluding hydrogens is 405 g/mol. The molecule has 4 nitrogen and oxygen atoms in total. The van der Waals surface area contributed by atoms with Crippen molar-refractivity contribution in [2.75, 3.05) is 6.54 Å². The lowest BCUT2D eigenvalue weighted by molar-refractivity contribution is 0.0402. The van der Waals surface area contributed by atoms with E-state index in [-0.39, 0.29) is 25.1 Å². The number of carbonyl (C=O) groups is 1. The predicted molar refractivity (Wildman–Crippen MR) is 110 cm³/mol. The molecule has 3 aromatic carbocycles. The van der Waals surface area contributed by atoms with Gasteiger partial charge in [-0.15, -0.1) is 0 Å². The number of carbonyl (C=O) groups excluding carboxylic acids is 1. The van der Waals surface area contributed by atoms with Gasteiger partial charge in [0.05, 0.1) is 12.3 Å². The number of amides is 1. The van der Waals surface area contributed by atoms with E-state index in [1.807, 2.05) is 0 Å². The van der Waals surface area contributed by atoms with E-state index in [1.54, 1.807) is 36.4 Å². The van der Waals surface area contributed by atoms with Crippen molar-refractivity contribution >= 4 is 11.6 Å². The molecule has 0 aromatic heterocycles. The predicted octanol–water partition coefficient (Wildman–Crippen LogP) is 4.94. The largest absolute Gasteiger partial charge is 0.390 e. The average molecular weight is 424 g/mol. The van der Waals surface area contributed by atoms with Crippen molar-refractivity contribution in [1.82, 2.24) is 4.90 Å². The SMILES string of the molecule is O=C(c1cccc(F)c1)N(Cc1ccccc1F)CC1CC(c2ccccc2F)=NO1. The third-order valence-electron chi connectivity index (χ3n) is 5.02. The zero-order chi connectivity index (χ0) is 21.8. The Balaban J connectivity index is 1.54. The number of halogens is 3. The molecule has 4 rings (SSSR count). The van der Waals surface area contributed by atoms with Gasteiger partial charge in [0, 0.05) is 29.7 Å². The monoisotopic (exact) mass is 424 g/mol. The second-order valence-electron chi connectivity index (χ2n) is 7.24. The first-order valence-corrected chi connectivity index (χ1v) is 9.77. The molecule has 0 radical (unpaired) electrons. The van der Waals surface area contributed by atoms with Crippen LogP contribution in [0.25, 0.3) is 0 Å². The normalized spacial score (nSPS) is 15.3. The van der Waals surface area contributed by atoms with Crippen LogP contribution in [0.3, 0.4) is 0 Å². The van der Waals surface area contributed by atoms with E-state index in [1.165, 1.54) is 35.2 Å². The maximum absolute atomic E-state index is 14.2. The van der Waals surface area contributed by atoms with Crippen molar-refractivity contribution in [2.24, 2.45) is 5.16 Å². The maximum Gasteiger partial charge on any atom is 0.254 e. The quantitative estimate of drug-likeness (QED) is 0.563. The molecule has 1 aliphatic heterocycles. The van der Waals surface area contributed by atoms with Crippen LogP contribution in [0.4, 0.5) is 13.2 Å². The van der Waals surface area contributed by atoms with Gasteiger partial charge in [-0.3, -0.25) is 4.79 Å². The fourth-order valence-electron chi connectivity index (χ4n) is 3.48. The maximum atomic E-state index is 14.2. The summed E-state index contributed by atoms with van der Waals surface area (Å²) in [6, 6.07) is 17.7. The Morgan fingerprint density at radius 1 is 0.968 bits per heavy atom. The van der Waals surface area contributed by atoms with Gasteiger partial charge in [-0.25, -0.2) is 13.2 Å². The van der Waals surface area contributed by atoms with Gasteiger partial charge < -0.3 is 9.74 Å². The van der Waals surface area contributed by atoms with Gasteiger partial charge in [0.1, 0.15) is 17.5 Å². The molecule has 0 N–H and O–H groups in total. The third kappa shape index (κ3) is 4.77. The van der Waals surface area contributed by atoms with E-state index < -0.39 is 29.5 Å². The summed E-state index contributed by atoms with van der Waals surface area (Å²) in [6.07, 6.45) is -0.260. The third-order valence-corrected chi connectivity index (χ3v) is 5.02. The number of hydrogen-bond acceptors (Lipinski definition) is 3. The van der Waals surface area contributed by atoms with Gasteiger partial charge in [0.25, 0.3) is 5.91 Å². The van der Waals surface area contributed by atoms with Gasteiger partial charge in [0.2, 0.25) is 0 Å². The molecule has 1 heterocycles. The van der Waals surface area contributed by atoms with Gasteiger partial charge in [-0.2, -0.15) is 0 Å². The fourth-order valence-corrected chi connectivity index (χ4v) is 3.48. The van der Waals surface area contributed by atoms with E-state index in [9.17, 15) is 18.0 Å². The Morgan fingerprint density at radius 3 is 2.45 bits per heavy atom. The number of rotatable bonds is 6. The van der Waals surface area contributed by atoms with Crippen molar-refractivity contribution in [2.45, 2.75) is 19.1 Å². The molecule has 1 atom stereocenters. The lowest BCUT2D eigenvalue weighted by Crippen LogP contribution is -2.37. The first-order valence-electron chi connectivity index (χ1n) is 9.77. The average Bonchev–Trinajstić information content (AvgIpc) is 3.23. The number of oxime groups is 1.